The van der Waals surface area contributed by atoms with Crippen LogP contribution in [-0.2, 0) is 6.54 Å². The average Bonchev–Trinajstić information content (AvgIpc) is 2.12. The Balaban J connectivity index is 2.91. The molecular weight excluding hydrogens is 220 g/mol. The van der Waals surface area contributed by atoms with Crippen LogP contribution >= 0.6 is 11.6 Å². The van der Waals surface area contributed by atoms with E-state index in [2.05, 4.69) is 37.1 Å². The zero-order chi connectivity index (χ0) is 12.3. The number of para-hydroxylation sites is 1. The number of anilines is 1. The van der Waals surface area contributed by atoms with Gasteiger partial charge in [-0.2, -0.15) is 0 Å². The summed E-state index contributed by atoms with van der Waals surface area (Å²) in [5.41, 5.74) is 2.44. The highest BCUT2D eigenvalue weighted by molar-refractivity contribution is 6.33. The van der Waals surface area contributed by atoms with E-state index in [4.69, 9.17) is 11.6 Å². The molecule has 0 bridgehead atoms. The van der Waals surface area contributed by atoms with Gasteiger partial charge in [0.2, 0.25) is 0 Å². The molecule has 0 atom stereocenters. The monoisotopic (exact) mass is 240 g/mol. The molecular formula is C13H21ClN2. The molecule has 2 nitrogen and oxygen atoms in total. The molecule has 0 radical (unpaired) electrons. The summed E-state index contributed by atoms with van der Waals surface area (Å²) in [5, 5.41) is 4.28. The molecule has 0 fully saturated rings. The Morgan fingerprint density at radius 3 is 2.38 bits per heavy atom. The fourth-order valence-electron chi connectivity index (χ4n) is 1.56. The standard InChI is InChI=1S/C13H21ClN2/c1-13(2,3)15-9-10-7-6-8-11(14)12(10)16(4)5/h6-8,15H,9H2,1-5H3. The molecule has 0 aliphatic heterocycles. The molecule has 90 valence electrons. The van der Waals surface area contributed by atoms with Crippen LogP contribution in [0.4, 0.5) is 5.69 Å². The van der Waals surface area contributed by atoms with Gasteiger partial charge in [0.1, 0.15) is 0 Å². The third-order valence-electron chi connectivity index (χ3n) is 2.33. The number of benzene rings is 1. The van der Waals surface area contributed by atoms with Crippen molar-refractivity contribution in [2.24, 2.45) is 0 Å². The van der Waals surface area contributed by atoms with E-state index in [0.29, 0.717) is 0 Å². The number of nitrogens with zero attached hydrogens (tertiary/aromatic N) is 1. The van der Waals surface area contributed by atoms with Crippen LogP contribution in [0.15, 0.2) is 18.2 Å². The lowest BCUT2D eigenvalue weighted by Gasteiger charge is -2.24. The first kappa shape index (κ1) is 13.3. The molecule has 3 heteroatoms. The molecule has 0 saturated heterocycles. The van der Waals surface area contributed by atoms with E-state index < -0.39 is 0 Å². The summed E-state index contributed by atoms with van der Waals surface area (Å²) < 4.78 is 0. The first-order chi connectivity index (χ1) is 7.31. The molecule has 0 aliphatic rings. The number of hydrogen-bond acceptors (Lipinski definition) is 2. The second-order valence-corrected chi connectivity index (χ2v) is 5.65. The van der Waals surface area contributed by atoms with E-state index >= 15 is 0 Å². The van der Waals surface area contributed by atoms with Crippen LogP contribution < -0.4 is 10.2 Å². The van der Waals surface area contributed by atoms with Gasteiger partial charge >= 0.3 is 0 Å². The Morgan fingerprint density at radius 1 is 1.25 bits per heavy atom. The van der Waals surface area contributed by atoms with Gasteiger partial charge in [0.05, 0.1) is 10.7 Å². The number of halogens is 1. The van der Waals surface area contributed by atoms with Gasteiger partial charge in [0, 0.05) is 26.2 Å². The molecule has 0 aromatic heterocycles. The Kier molecular flexibility index (Phi) is 4.22. The normalized spacial score (nSPS) is 11.6. The fraction of sp³-hybridized carbons (Fsp3) is 0.538. The van der Waals surface area contributed by atoms with Gasteiger partial charge in [-0.3, -0.25) is 0 Å². The van der Waals surface area contributed by atoms with Crippen LogP contribution in [0.1, 0.15) is 26.3 Å². The average molecular weight is 241 g/mol. The lowest BCUT2D eigenvalue weighted by Crippen LogP contribution is -2.35. The molecule has 0 saturated carbocycles. The molecule has 16 heavy (non-hydrogen) atoms. The molecule has 1 aromatic carbocycles. The van der Waals surface area contributed by atoms with Crippen LogP contribution in [0.2, 0.25) is 5.02 Å². The summed E-state index contributed by atoms with van der Waals surface area (Å²) in [6.07, 6.45) is 0. The minimum atomic E-state index is 0.117. The summed E-state index contributed by atoms with van der Waals surface area (Å²) in [6, 6.07) is 6.03. The van der Waals surface area contributed by atoms with Crippen molar-refractivity contribution >= 4 is 17.3 Å². The SMILES string of the molecule is CN(C)c1c(Cl)cccc1CNC(C)(C)C. The van der Waals surface area contributed by atoms with Gasteiger partial charge in [0.15, 0.2) is 0 Å². The molecule has 0 spiro atoms. The maximum Gasteiger partial charge on any atom is 0.0642 e. The van der Waals surface area contributed by atoms with Crippen LogP contribution in [-0.4, -0.2) is 19.6 Å². The van der Waals surface area contributed by atoms with Crippen LogP contribution in [0, 0.1) is 0 Å². The molecule has 1 aromatic rings. The van der Waals surface area contributed by atoms with Crippen LogP contribution in [0.25, 0.3) is 0 Å². The second kappa shape index (κ2) is 5.07. The largest absolute Gasteiger partial charge is 0.376 e. The molecule has 1 N–H and O–H groups in total. The Labute approximate surface area is 104 Å². The third kappa shape index (κ3) is 3.69. The maximum absolute atomic E-state index is 6.20. The number of nitrogens with one attached hydrogen (secondary N) is 1. The highest BCUT2D eigenvalue weighted by Gasteiger charge is 2.12. The van der Waals surface area contributed by atoms with Crippen molar-refractivity contribution in [3.05, 3.63) is 28.8 Å². The molecule has 0 aliphatic carbocycles. The Morgan fingerprint density at radius 2 is 1.88 bits per heavy atom. The van der Waals surface area contributed by atoms with Gasteiger partial charge in [-0.15, -0.1) is 0 Å². The van der Waals surface area contributed by atoms with Gasteiger partial charge in [-0.25, -0.2) is 0 Å². The summed E-state index contributed by atoms with van der Waals surface area (Å²) in [4.78, 5) is 2.06. The fourth-order valence-corrected chi connectivity index (χ4v) is 1.93. The van der Waals surface area contributed by atoms with E-state index in [0.717, 1.165) is 17.3 Å². The van der Waals surface area contributed by atoms with Crippen LogP contribution in [0.3, 0.4) is 0 Å². The van der Waals surface area contributed by atoms with Crippen molar-refractivity contribution in [1.29, 1.82) is 0 Å². The predicted octanol–water partition coefficient (Wildman–Crippen LogP) is 3.29. The lowest BCUT2D eigenvalue weighted by molar-refractivity contribution is 0.424. The minimum Gasteiger partial charge on any atom is -0.376 e. The summed E-state index contributed by atoms with van der Waals surface area (Å²) in [5.74, 6) is 0. The van der Waals surface area contributed by atoms with Gasteiger partial charge < -0.3 is 10.2 Å². The maximum atomic E-state index is 6.20. The van der Waals surface area contributed by atoms with Crippen molar-refractivity contribution < 1.29 is 0 Å². The van der Waals surface area contributed by atoms with E-state index in [1.807, 2.05) is 26.2 Å². The zero-order valence-corrected chi connectivity index (χ0v) is 11.5. The molecule has 1 rings (SSSR count). The van der Waals surface area contributed by atoms with Gasteiger partial charge in [0.25, 0.3) is 0 Å². The highest BCUT2D eigenvalue weighted by Crippen LogP contribution is 2.28. The van der Waals surface area contributed by atoms with E-state index in [1.165, 1.54) is 5.56 Å². The third-order valence-corrected chi connectivity index (χ3v) is 2.63. The Hall–Kier alpha value is -0.730. The molecule has 0 amide bonds. The van der Waals surface area contributed by atoms with Crippen molar-refractivity contribution in [1.82, 2.24) is 5.32 Å². The summed E-state index contributed by atoms with van der Waals surface area (Å²) in [6.45, 7) is 7.31. The number of rotatable bonds is 3. The summed E-state index contributed by atoms with van der Waals surface area (Å²) in [7, 11) is 4.03. The minimum absolute atomic E-state index is 0.117. The zero-order valence-electron chi connectivity index (χ0n) is 10.8. The van der Waals surface area contributed by atoms with Crippen molar-refractivity contribution in [2.45, 2.75) is 32.9 Å². The first-order valence-corrected chi connectivity index (χ1v) is 5.89. The van der Waals surface area contributed by atoms with Crippen LogP contribution in [0.5, 0.6) is 0 Å². The quantitative estimate of drug-likeness (QED) is 0.872. The first-order valence-electron chi connectivity index (χ1n) is 5.51. The number of hydrogen-bond donors (Lipinski definition) is 1. The topological polar surface area (TPSA) is 15.3 Å². The van der Waals surface area contributed by atoms with E-state index in [-0.39, 0.29) is 5.54 Å². The predicted molar refractivity (Wildman–Crippen MR) is 72.4 cm³/mol. The molecule has 0 unspecified atom stereocenters. The van der Waals surface area contributed by atoms with Gasteiger partial charge in [-0.1, -0.05) is 23.7 Å². The van der Waals surface area contributed by atoms with E-state index in [9.17, 15) is 0 Å². The van der Waals surface area contributed by atoms with E-state index in [1.54, 1.807) is 0 Å². The summed E-state index contributed by atoms with van der Waals surface area (Å²) >= 11 is 6.20. The van der Waals surface area contributed by atoms with Crippen molar-refractivity contribution in [3.63, 3.8) is 0 Å². The second-order valence-electron chi connectivity index (χ2n) is 5.25. The lowest BCUT2D eigenvalue weighted by atomic mass is 10.1. The van der Waals surface area contributed by atoms with Crippen molar-refractivity contribution in [2.75, 3.05) is 19.0 Å². The molecule has 0 heterocycles. The van der Waals surface area contributed by atoms with Crippen molar-refractivity contribution in [3.8, 4) is 0 Å². The smallest absolute Gasteiger partial charge is 0.0642 e. The Bertz CT molecular complexity index is 353. The van der Waals surface area contributed by atoms with Gasteiger partial charge in [-0.05, 0) is 32.4 Å². The highest BCUT2D eigenvalue weighted by atomic mass is 35.5.